The summed E-state index contributed by atoms with van der Waals surface area (Å²) in [4.78, 5) is 12.5. The standard InChI is InChI=1S/C18H24N2O/c1-12-2-4-15(5-3-12)17-7-13-6-14(8-17)10-18(9-13,11-17)16(21)20-19/h2-5,13-14H,6-11,19H2,1H3,(H,20,21)/t13-,14-,17?,18?/m0/s1. The molecule has 1 amide bonds. The van der Waals surface area contributed by atoms with Crippen molar-refractivity contribution in [2.75, 3.05) is 0 Å². The number of aryl methyl sites for hydroxylation is 1. The lowest BCUT2D eigenvalue weighted by atomic mass is 9.42. The van der Waals surface area contributed by atoms with Crippen LogP contribution in [0.4, 0.5) is 0 Å². The molecule has 4 fully saturated rings. The van der Waals surface area contributed by atoms with Crippen LogP contribution in [-0.4, -0.2) is 5.91 Å². The second kappa shape index (κ2) is 4.33. The number of carbonyl (C=O) groups excluding carboxylic acids is 1. The van der Waals surface area contributed by atoms with Crippen molar-refractivity contribution in [3.63, 3.8) is 0 Å². The van der Waals surface area contributed by atoms with Gasteiger partial charge in [-0.25, -0.2) is 5.84 Å². The summed E-state index contributed by atoms with van der Waals surface area (Å²) in [7, 11) is 0. The van der Waals surface area contributed by atoms with Gasteiger partial charge in [-0.1, -0.05) is 29.8 Å². The first kappa shape index (κ1) is 13.3. The quantitative estimate of drug-likeness (QED) is 0.498. The highest BCUT2D eigenvalue weighted by molar-refractivity contribution is 5.83. The van der Waals surface area contributed by atoms with Gasteiger partial charge in [-0.2, -0.15) is 0 Å². The van der Waals surface area contributed by atoms with E-state index >= 15 is 0 Å². The van der Waals surface area contributed by atoms with Crippen LogP contribution in [0.3, 0.4) is 0 Å². The van der Waals surface area contributed by atoms with Crippen molar-refractivity contribution < 1.29 is 4.79 Å². The highest BCUT2D eigenvalue weighted by atomic mass is 16.2. The van der Waals surface area contributed by atoms with Crippen molar-refractivity contribution in [1.29, 1.82) is 0 Å². The Balaban J connectivity index is 1.76. The molecule has 0 radical (unpaired) electrons. The van der Waals surface area contributed by atoms with E-state index in [4.69, 9.17) is 5.84 Å². The van der Waals surface area contributed by atoms with Gasteiger partial charge in [-0.3, -0.25) is 10.2 Å². The maximum Gasteiger partial charge on any atom is 0.240 e. The van der Waals surface area contributed by atoms with Crippen LogP contribution >= 0.6 is 0 Å². The third kappa shape index (κ3) is 1.87. The van der Waals surface area contributed by atoms with Crippen LogP contribution in [0.15, 0.2) is 24.3 Å². The first-order valence-electron chi connectivity index (χ1n) is 8.13. The molecule has 4 aliphatic rings. The molecule has 0 aromatic heterocycles. The fourth-order valence-corrected chi connectivity index (χ4v) is 5.93. The van der Waals surface area contributed by atoms with E-state index in [0.717, 1.165) is 19.3 Å². The number of nitrogens with two attached hydrogens (primary N) is 1. The largest absolute Gasteiger partial charge is 0.294 e. The molecule has 4 aliphatic carbocycles. The first-order valence-corrected chi connectivity index (χ1v) is 8.13. The lowest BCUT2D eigenvalue weighted by Crippen LogP contribution is -2.59. The highest BCUT2D eigenvalue weighted by Crippen LogP contribution is 2.65. The maximum atomic E-state index is 12.5. The van der Waals surface area contributed by atoms with E-state index in [9.17, 15) is 4.79 Å². The van der Waals surface area contributed by atoms with Crippen LogP contribution in [0.1, 0.15) is 49.7 Å². The number of hydrogen-bond acceptors (Lipinski definition) is 2. The van der Waals surface area contributed by atoms with Crippen LogP contribution in [-0.2, 0) is 10.2 Å². The SMILES string of the molecule is Cc1ccc(C23C[C@@H]4C[C@H](CC(C(=O)NN)(C4)C2)C3)cc1. The number of hydrogen-bond donors (Lipinski definition) is 2. The molecule has 21 heavy (non-hydrogen) atoms. The van der Waals surface area contributed by atoms with Crippen molar-refractivity contribution in [2.45, 2.75) is 50.9 Å². The van der Waals surface area contributed by atoms with Crippen LogP contribution < -0.4 is 11.3 Å². The van der Waals surface area contributed by atoms with Gasteiger partial charge in [-0.05, 0) is 68.3 Å². The average Bonchev–Trinajstić information content (AvgIpc) is 2.45. The molecule has 1 aromatic carbocycles. The minimum Gasteiger partial charge on any atom is -0.294 e. The highest BCUT2D eigenvalue weighted by Gasteiger charge is 2.60. The molecule has 5 rings (SSSR count). The molecule has 0 spiro atoms. The number of amides is 1. The molecule has 0 heterocycles. The Morgan fingerprint density at radius 2 is 1.76 bits per heavy atom. The van der Waals surface area contributed by atoms with E-state index in [2.05, 4.69) is 36.6 Å². The van der Waals surface area contributed by atoms with Crippen molar-refractivity contribution in [3.8, 4) is 0 Å². The maximum absolute atomic E-state index is 12.5. The summed E-state index contributed by atoms with van der Waals surface area (Å²) in [5, 5.41) is 0. The van der Waals surface area contributed by atoms with Gasteiger partial charge in [-0.15, -0.1) is 0 Å². The van der Waals surface area contributed by atoms with Gasteiger partial charge in [0.25, 0.3) is 0 Å². The minimum absolute atomic E-state index is 0.0769. The van der Waals surface area contributed by atoms with Gasteiger partial charge in [0.15, 0.2) is 0 Å². The number of rotatable bonds is 2. The molecule has 112 valence electrons. The fraction of sp³-hybridized carbons (Fsp3) is 0.611. The van der Waals surface area contributed by atoms with E-state index in [0.29, 0.717) is 11.8 Å². The Kier molecular flexibility index (Phi) is 2.74. The zero-order valence-electron chi connectivity index (χ0n) is 12.7. The molecular weight excluding hydrogens is 260 g/mol. The summed E-state index contributed by atoms with van der Waals surface area (Å²) in [5.74, 6) is 6.97. The predicted molar refractivity (Wildman–Crippen MR) is 82.3 cm³/mol. The Bertz CT molecular complexity index is 563. The van der Waals surface area contributed by atoms with Crippen LogP contribution in [0.5, 0.6) is 0 Å². The smallest absolute Gasteiger partial charge is 0.240 e. The molecule has 3 N–H and O–H groups in total. The molecule has 3 nitrogen and oxygen atoms in total. The minimum atomic E-state index is -0.205. The summed E-state index contributed by atoms with van der Waals surface area (Å²) in [6.45, 7) is 2.13. The van der Waals surface area contributed by atoms with Crippen molar-refractivity contribution in [1.82, 2.24) is 5.43 Å². The topological polar surface area (TPSA) is 55.1 Å². The number of hydrazine groups is 1. The second-order valence-corrected chi connectivity index (χ2v) is 7.86. The Hall–Kier alpha value is -1.35. The van der Waals surface area contributed by atoms with E-state index in [1.807, 2.05) is 0 Å². The van der Waals surface area contributed by atoms with Crippen LogP contribution in [0.25, 0.3) is 0 Å². The van der Waals surface area contributed by atoms with Gasteiger partial charge in [0, 0.05) is 0 Å². The molecule has 0 unspecified atom stereocenters. The summed E-state index contributed by atoms with van der Waals surface area (Å²) < 4.78 is 0. The Morgan fingerprint density at radius 1 is 1.14 bits per heavy atom. The Labute approximate surface area is 126 Å². The van der Waals surface area contributed by atoms with Crippen molar-refractivity contribution in [2.24, 2.45) is 23.1 Å². The van der Waals surface area contributed by atoms with Crippen LogP contribution in [0.2, 0.25) is 0 Å². The molecule has 4 saturated carbocycles. The lowest BCUT2D eigenvalue weighted by molar-refractivity contribution is -0.149. The van der Waals surface area contributed by atoms with Crippen LogP contribution in [0, 0.1) is 24.2 Å². The van der Waals surface area contributed by atoms with Gasteiger partial charge in [0.05, 0.1) is 5.41 Å². The third-order valence-corrected chi connectivity index (χ3v) is 6.34. The molecule has 2 atom stereocenters. The molecule has 1 aromatic rings. The Morgan fingerprint density at radius 3 is 2.33 bits per heavy atom. The van der Waals surface area contributed by atoms with Gasteiger partial charge < -0.3 is 0 Å². The van der Waals surface area contributed by atoms with Gasteiger partial charge in [0.2, 0.25) is 5.91 Å². The molecule has 0 saturated heterocycles. The summed E-state index contributed by atoms with van der Waals surface area (Å²) in [5.41, 5.74) is 5.21. The van der Waals surface area contributed by atoms with Crippen molar-refractivity contribution >= 4 is 5.91 Å². The predicted octanol–water partition coefficient (Wildman–Crippen LogP) is 2.82. The summed E-state index contributed by atoms with van der Waals surface area (Å²) in [6.07, 6.45) is 6.89. The lowest BCUT2D eigenvalue weighted by Gasteiger charge is -2.61. The molecule has 4 bridgehead atoms. The number of nitrogens with one attached hydrogen (secondary N) is 1. The molecule has 0 aliphatic heterocycles. The number of benzene rings is 1. The van der Waals surface area contributed by atoms with Gasteiger partial charge >= 0.3 is 0 Å². The van der Waals surface area contributed by atoms with E-state index < -0.39 is 0 Å². The molecule has 3 heteroatoms. The van der Waals surface area contributed by atoms with E-state index in [-0.39, 0.29) is 16.7 Å². The summed E-state index contributed by atoms with van der Waals surface area (Å²) >= 11 is 0. The number of carbonyl (C=O) groups is 1. The normalized spacial score (nSPS) is 40.3. The van der Waals surface area contributed by atoms with E-state index in [1.54, 1.807) is 0 Å². The fourth-order valence-electron chi connectivity index (χ4n) is 5.93. The van der Waals surface area contributed by atoms with Gasteiger partial charge in [0.1, 0.15) is 0 Å². The monoisotopic (exact) mass is 284 g/mol. The summed E-state index contributed by atoms with van der Waals surface area (Å²) in [6, 6.07) is 9.00. The third-order valence-electron chi connectivity index (χ3n) is 6.34. The first-order chi connectivity index (χ1) is 10.1. The van der Waals surface area contributed by atoms with Crippen molar-refractivity contribution in [3.05, 3.63) is 35.4 Å². The van der Waals surface area contributed by atoms with E-state index in [1.165, 1.54) is 30.4 Å². The second-order valence-electron chi connectivity index (χ2n) is 7.86. The zero-order valence-corrected chi connectivity index (χ0v) is 12.7. The average molecular weight is 284 g/mol. The zero-order chi connectivity index (χ0) is 14.7. The molecular formula is C18H24N2O.